The van der Waals surface area contributed by atoms with Crippen LogP contribution in [0.5, 0.6) is 0 Å². The molecule has 0 aliphatic heterocycles. The van der Waals surface area contributed by atoms with Crippen molar-refractivity contribution in [1.82, 2.24) is 0 Å². The van der Waals surface area contributed by atoms with Gasteiger partial charge in [0.25, 0.3) is 0 Å². The summed E-state index contributed by atoms with van der Waals surface area (Å²) in [4.78, 5) is 12.1. The molecular formula is C13H6BrClO. The molecule has 0 bridgehead atoms. The lowest BCUT2D eigenvalue weighted by Crippen LogP contribution is -1.94. The Morgan fingerprint density at radius 3 is 2.62 bits per heavy atom. The van der Waals surface area contributed by atoms with E-state index in [1.807, 2.05) is 30.3 Å². The molecule has 0 unspecified atom stereocenters. The molecule has 1 aliphatic carbocycles. The number of hydrogen-bond donors (Lipinski definition) is 0. The summed E-state index contributed by atoms with van der Waals surface area (Å²) in [6.45, 7) is 0. The lowest BCUT2D eigenvalue weighted by atomic mass is 10.1. The molecule has 2 aromatic rings. The number of ketones is 1. The van der Waals surface area contributed by atoms with Crippen LogP contribution in [0, 0.1) is 0 Å². The molecule has 2 aromatic carbocycles. The van der Waals surface area contributed by atoms with Gasteiger partial charge < -0.3 is 0 Å². The molecule has 3 heteroatoms. The highest BCUT2D eigenvalue weighted by Crippen LogP contribution is 2.41. The predicted molar refractivity (Wildman–Crippen MR) is 68.0 cm³/mol. The van der Waals surface area contributed by atoms with Crippen LogP contribution in [0.4, 0.5) is 0 Å². The molecule has 0 radical (unpaired) electrons. The van der Waals surface area contributed by atoms with E-state index >= 15 is 0 Å². The fraction of sp³-hybridized carbons (Fsp3) is 0. The maximum atomic E-state index is 12.1. The molecule has 0 atom stereocenters. The van der Waals surface area contributed by atoms with E-state index in [9.17, 15) is 4.79 Å². The first-order chi connectivity index (χ1) is 7.68. The van der Waals surface area contributed by atoms with Crippen LogP contribution in [0.2, 0.25) is 5.02 Å². The van der Waals surface area contributed by atoms with E-state index in [-0.39, 0.29) is 5.78 Å². The Morgan fingerprint density at radius 2 is 1.81 bits per heavy atom. The van der Waals surface area contributed by atoms with Gasteiger partial charge in [-0.05, 0) is 23.8 Å². The third-order valence-corrected chi connectivity index (χ3v) is 3.65. The zero-order valence-corrected chi connectivity index (χ0v) is 10.5. The Labute approximate surface area is 106 Å². The summed E-state index contributed by atoms with van der Waals surface area (Å²) in [7, 11) is 0. The van der Waals surface area contributed by atoms with Crippen molar-refractivity contribution >= 4 is 33.3 Å². The number of hydrogen-bond acceptors (Lipinski definition) is 1. The fourth-order valence-electron chi connectivity index (χ4n) is 2.05. The van der Waals surface area contributed by atoms with Crippen molar-refractivity contribution < 1.29 is 4.79 Å². The van der Waals surface area contributed by atoms with Gasteiger partial charge in [0.2, 0.25) is 0 Å². The molecule has 0 heterocycles. The Kier molecular flexibility index (Phi) is 2.16. The van der Waals surface area contributed by atoms with Crippen molar-refractivity contribution in [3.63, 3.8) is 0 Å². The van der Waals surface area contributed by atoms with Gasteiger partial charge in [0.15, 0.2) is 5.78 Å². The molecule has 3 rings (SSSR count). The van der Waals surface area contributed by atoms with Crippen LogP contribution in [0.25, 0.3) is 11.1 Å². The molecule has 78 valence electrons. The van der Waals surface area contributed by atoms with E-state index in [1.54, 1.807) is 6.07 Å². The van der Waals surface area contributed by atoms with Crippen LogP contribution in [0.1, 0.15) is 15.9 Å². The molecule has 0 N–H and O–H groups in total. The van der Waals surface area contributed by atoms with E-state index < -0.39 is 0 Å². The molecule has 1 aliphatic rings. The third-order valence-electron chi connectivity index (χ3n) is 2.75. The summed E-state index contributed by atoms with van der Waals surface area (Å²) in [5, 5.41) is 0.594. The summed E-state index contributed by atoms with van der Waals surface area (Å²) in [6.07, 6.45) is 0. The Hall–Kier alpha value is -1.12. The van der Waals surface area contributed by atoms with E-state index in [2.05, 4.69) is 15.9 Å². The van der Waals surface area contributed by atoms with Gasteiger partial charge in [0, 0.05) is 26.2 Å². The second-order valence-corrected chi connectivity index (χ2v) is 4.97. The van der Waals surface area contributed by atoms with Crippen molar-refractivity contribution in [3.8, 4) is 11.1 Å². The number of halogens is 2. The Balaban J connectivity index is 2.41. The van der Waals surface area contributed by atoms with Gasteiger partial charge >= 0.3 is 0 Å². The van der Waals surface area contributed by atoms with E-state index in [0.29, 0.717) is 10.6 Å². The smallest absolute Gasteiger partial charge is 0.194 e. The lowest BCUT2D eigenvalue weighted by molar-refractivity contribution is 0.104. The maximum absolute atomic E-state index is 12.1. The zero-order chi connectivity index (χ0) is 11.3. The molecule has 0 saturated carbocycles. The SMILES string of the molecule is O=C1c2cc(Cl)ccc2-c2c(Br)cccc21. The van der Waals surface area contributed by atoms with Gasteiger partial charge in [-0.2, -0.15) is 0 Å². The average Bonchev–Trinajstić information content (AvgIpc) is 2.55. The highest BCUT2D eigenvalue weighted by molar-refractivity contribution is 9.10. The van der Waals surface area contributed by atoms with Crippen molar-refractivity contribution in [2.45, 2.75) is 0 Å². The number of fused-ring (bicyclic) bond motifs is 3. The molecule has 16 heavy (non-hydrogen) atoms. The summed E-state index contributed by atoms with van der Waals surface area (Å²) in [5.74, 6) is 0.0498. The molecule has 0 fully saturated rings. The van der Waals surface area contributed by atoms with Crippen LogP contribution < -0.4 is 0 Å². The van der Waals surface area contributed by atoms with Crippen LogP contribution in [0.15, 0.2) is 40.9 Å². The highest BCUT2D eigenvalue weighted by Gasteiger charge is 2.28. The first-order valence-electron chi connectivity index (χ1n) is 4.81. The first-order valence-corrected chi connectivity index (χ1v) is 5.99. The van der Waals surface area contributed by atoms with Crippen molar-refractivity contribution in [1.29, 1.82) is 0 Å². The van der Waals surface area contributed by atoms with E-state index in [0.717, 1.165) is 21.2 Å². The molecule has 0 saturated heterocycles. The predicted octanol–water partition coefficient (Wildman–Crippen LogP) is 4.31. The van der Waals surface area contributed by atoms with Crippen LogP contribution >= 0.6 is 27.5 Å². The van der Waals surface area contributed by atoms with Crippen LogP contribution in [-0.2, 0) is 0 Å². The standard InChI is InChI=1S/C13H6BrClO/c14-11-3-1-2-9-12(11)8-5-4-7(15)6-10(8)13(9)16/h1-6H. The fourth-order valence-corrected chi connectivity index (χ4v) is 2.81. The quantitative estimate of drug-likeness (QED) is 0.603. The number of carbonyl (C=O) groups is 1. The lowest BCUT2D eigenvalue weighted by Gasteiger charge is -2.02. The molecule has 0 aromatic heterocycles. The van der Waals surface area contributed by atoms with Gasteiger partial charge in [-0.3, -0.25) is 4.79 Å². The largest absolute Gasteiger partial charge is 0.289 e. The van der Waals surface area contributed by atoms with Gasteiger partial charge in [0.05, 0.1) is 0 Å². The summed E-state index contributed by atoms with van der Waals surface area (Å²) in [6, 6.07) is 11.1. The Bertz CT molecular complexity index is 619. The van der Waals surface area contributed by atoms with E-state index in [4.69, 9.17) is 11.6 Å². The van der Waals surface area contributed by atoms with Crippen molar-refractivity contribution in [2.75, 3.05) is 0 Å². The van der Waals surface area contributed by atoms with Crippen LogP contribution in [-0.4, -0.2) is 5.78 Å². The minimum absolute atomic E-state index is 0.0498. The highest BCUT2D eigenvalue weighted by atomic mass is 79.9. The van der Waals surface area contributed by atoms with Crippen molar-refractivity contribution in [2.24, 2.45) is 0 Å². The monoisotopic (exact) mass is 292 g/mol. The van der Waals surface area contributed by atoms with Crippen LogP contribution in [0.3, 0.4) is 0 Å². The van der Waals surface area contributed by atoms with Gasteiger partial charge in [-0.25, -0.2) is 0 Å². The Morgan fingerprint density at radius 1 is 1.00 bits per heavy atom. The zero-order valence-electron chi connectivity index (χ0n) is 8.13. The average molecular weight is 294 g/mol. The van der Waals surface area contributed by atoms with Gasteiger partial charge in [-0.1, -0.05) is 45.7 Å². The number of rotatable bonds is 0. The molecular weight excluding hydrogens is 287 g/mol. The topological polar surface area (TPSA) is 17.1 Å². The van der Waals surface area contributed by atoms with Gasteiger partial charge in [0.1, 0.15) is 0 Å². The second-order valence-electron chi connectivity index (χ2n) is 3.68. The molecule has 0 amide bonds. The minimum atomic E-state index is 0.0498. The normalized spacial score (nSPS) is 12.5. The molecule has 1 nitrogen and oxygen atoms in total. The second kappa shape index (κ2) is 3.44. The minimum Gasteiger partial charge on any atom is -0.289 e. The number of benzene rings is 2. The number of carbonyl (C=O) groups excluding carboxylic acids is 1. The molecule has 0 spiro atoms. The summed E-state index contributed by atoms with van der Waals surface area (Å²) >= 11 is 9.39. The third kappa shape index (κ3) is 1.27. The maximum Gasteiger partial charge on any atom is 0.194 e. The van der Waals surface area contributed by atoms with Gasteiger partial charge in [-0.15, -0.1) is 0 Å². The summed E-state index contributed by atoms with van der Waals surface area (Å²) < 4.78 is 0.944. The summed E-state index contributed by atoms with van der Waals surface area (Å²) in [5.41, 5.74) is 3.36. The van der Waals surface area contributed by atoms with E-state index in [1.165, 1.54) is 0 Å². The van der Waals surface area contributed by atoms with Crippen molar-refractivity contribution in [3.05, 3.63) is 57.0 Å². The first kappa shape index (κ1) is 10.1.